The Labute approximate surface area is 90.3 Å². The van der Waals surface area contributed by atoms with E-state index in [1.165, 1.54) is 6.42 Å². The maximum Gasteiger partial charge on any atom is 0.0964 e. The van der Waals surface area contributed by atoms with Gasteiger partial charge in [0.2, 0.25) is 0 Å². The van der Waals surface area contributed by atoms with Crippen molar-refractivity contribution in [1.29, 1.82) is 0 Å². The lowest BCUT2D eigenvalue weighted by Crippen LogP contribution is -1.93. The molecule has 2 nitrogen and oxygen atoms in total. The first-order valence-electron chi connectivity index (χ1n) is 4.94. The SMILES string of the molecule is Cc1cc(SCCC(C)C)ncc1N. The number of aryl methyl sites for hydroxylation is 1. The molecule has 0 aliphatic heterocycles. The fraction of sp³-hybridized carbons (Fsp3) is 0.545. The lowest BCUT2D eigenvalue weighted by molar-refractivity contribution is 0.632. The van der Waals surface area contributed by atoms with Gasteiger partial charge in [0.15, 0.2) is 0 Å². The Bertz CT molecular complexity index is 297. The van der Waals surface area contributed by atoms with E-state index >= 15 is 0 Å². The molecule has 0 aliphatic rings. The zero-order chi connectivity index (χ0) is 10.6. The fourth-order valence-electron chi connectivity index (χ4n) is 1.02. The number of rotatable bonds is 4. The Balaban J connectivity index is 2.47. The molecular weight excluding hydrogens is 192 g/mol. The summed E-state index contributed by atoms with van der Waals surface area (Å²) < 4.78 is 0. The van der Waals surface area contributed by atoms with E-state index in [4.69, 9.17) is 5.73 Å². The normalized spacial score (nSPS) is 10.9. The number of nitrogens with zero attached hydrogens (tertiary/aromatic N) is 1. The topological polar surface area (TPSA) is 38.9 Å². The van der Waals surface area contributed by atoms with Crippen molar-refractivity contribution in [2.24, 2.45) is 5.92 Å². The van der Waals surface area contributed by atoms with Crippen LogP contribution in [0.15, 0.2) is 17.3 Å². The van der Waals surface area contributed by atoms with Crippen molar-refractivity contribution in [1.82, 2.24) is 4.98 Å². The number of hydrogen-bond donors (Lipinski definition) is 1. The fourth-order valence-corrected chi connectivity index (χ4v) is 2.20. The minimum Gasteiger partial charge on any atom is -0.397 e. The highest BCUT2D eigenvalue weighted by atomic mass is 32.2. The second kappa shape index (κ2) is 5.25. The third kappa shape index (κ3) is 3.58. The number of pyridine rings is 1. The van der Waals surface area contributed by atoms with Gasteiger partial charge < -0.3 is 5.73 Å². The maximum absolute atomic E-state index is 5.69. The molecule has 2 N–H and O–H groups in total. The second-order valence-corrected chi connectivity index (χ2v) is 5.03. The van der Waals surface area contributed by atoms with Crippen LogP contribution in [0.5, 0.6) is 0 Å². The van der Waals surface area contributed by atoms with Crippen LogP contribution in [0.25, 0.3) is 0 Å². The average molecular weight is 210 g/mol. The van der Waals surface area contributed by atoms with Gasteiger partial charge in [-0.05, 0) is 36.6 Å². The van der Waals surface area contributed by atoms with Crippen LogP contribution in [0.2, 0.25) is 0 Å². The van der Waals surface area contributed by atoms with Crippen LogP contribution in [0.1, 0.15) is 25.8 Å². The molecule has 0 saturated carbocycles. The molecule has 1 rings (SSSR count). The predicted molar refractivity (Wildman–Crippen MR) is 63.6 cm³/mol. The number of aromatic nitrogens is 1. The summed E-state index contributed by atoms with van der Waals surface area (Å²) in [5.41, 5.74) is 7.59. The summed E-state index contributed by atoms with van der Waals surface area (Å²) >= 11 is 1.80. The summed E-state index contributed by atoms with van der Waals surface area (Å²) in [6, 6.07) is 2.06. The Morgan fingerprint density at radius 1 is 1.50 bits per heavy atom. The zero-order valence-corrected chi connectivity index (χ0v) is 9.90. The molecule has 0 fully saturated rings. The van der Waals surface area contributed by atoms with Crippen molar-refractivity contribution in [3.63, 3.8) is 0 Å². The Kier molecular flexibility index (Phi) is 4.26. The van der Waals surface area contributed by atoms with E-state index in [9.17, 15) is 0 Å². The van der Waals surface area contributed by atoms with Crippen molar-refractivity contribution in [3.05, 3.63) is 17.8 Å². The molecule has 14 heavy (non-hydrogen) atoms. The van der Waals surface area contributed by atoms with E-state index < -0.39 is 0 Å². The highest BCUT2D eigenvalue weighted by molar-refractivity contribution is 7.99. The molecule has 1 heterocycles. The lowest BCUT2D eigenvalue weighted by Gasteiger charge is -2.05. The van der Waals surface area contributed by atoms with Gasteiger partial charge in [-0.15, -0.1) is 11.8 Å². The molecule has 0 amide bonds. The van der Waals surface area contributed by atoms with Crippen LogP contribution >= 0.6 is 11.8 Å². The molecule has 78 valence electrons. The largest absolute Gasteiger partial charge is 0.397 e. The van der Waals surface area contributed by atoms with Gasteiger partial charge >= 0.3 is 0 Å². The summed E-state index contributed by atoms with van der Waals surface area (Å²) in [6.07, 6.45) is 2.98. The number of thioether (sulfide) groups is 1. The van der Waals surface area contributed by atoms with Gasteiger partial charge in [0.25, 0.3) is 0 Å². The summed E-state index contributed by atoms with van der Waals surface area (Å²) in [5, 5.41) is 1.08. The summed E-state index contributed by atoms with van der Waals surface area (Å²) in [6.45, 7) is 6.49. The van der Waals surface area contributed by atoms with Crippen LogP contribution < -0.4 is 5.73 Å². The molecule has 0 bridgehead atoms. The molecule has 0 aromatic carbocycles. The van der Waals surface area contributed by atoms with E-state index in [-0.39, 0.29) is 0 Å². The lowest BCUT2D eigenvalue weighted by atomic mass is 10.2. The van der Waals surface area contributed by atoms with E-state index in [1.54, 1.807) is 18.0 Å². The van der Waals surface area contributed by atoms with E-state index in [0.717, 1.165) is 27.9 Å². The molecule has 0 aliphatic carbocycles. The third-order valence-corrected chi connectivity index (χ3v) is 3.03. The molecule has 0 atom stereocenters. The molecule has 3 heteroatoms. The standard InChI is InChI=1S/C11H18N2S/c1-8(2)4-5-14-11-6-9(3)10(12)7-13-11/h6-8H,4-5,12H2,1-3H3. The van der Waals surface area contributed by atoms with E-state index in [1.807, 2.05) is 6.92 Å². The monoisotopic (exact) mass is 210 g/mol. The van der Waals surface area contributed by atoms with Crippen molar-refractivity contribution in [2.75, 3.05) is 11.5 Å². The quantitative estimate of drug-likeness (QED) is 0.776. The molecule has 0 unspecified atom stereocenters. The summed E-state index contributed by atoms with van der Waals surface area (Å²) in [7, 11) is 0. The molecule has 0 spiro atoms. The molecular formula is C11H18N2S. The summed E-state index contributed by atoms with van der Waals surface area (Å²) in [5.74, 6) is 1.89. The second-order valence-electron chi connectivity index (χ2n) is 3.91. The third-order valence-electron chi connectivity index (χ3n) is 2.07. The van der Waals surface area contributed by atoms with Crippen LogP contribution in [-0.4, -0.2) is 10.7 Å². The van der Waals surface area contributed by atoms with Crippen LogP contribution in [-0.2, 0) is 0 Å². The first kappa shape index (κ1) is 11.4. The number of hydrogen-bond acceptors (Lipinski definition) is 3. The predicted octanol–water partition coefficient (Wildman–Crippen LogP) is 3.11. The number of nitrogens with two attached hydrogens (primary N) is 1. The Hall–Kier alpha value is -0.700. The van der Waals surface area contributed by atoms with Gasteiger partial charge in [0, 0.05) is 0 Å². The van der Waals surface area contributed by atoms with Crippen molar-refractivity contribution >= 4 is 17.4 Å². The smallest absolute Gasteiger partial charge is 0.0964 e. The first-order chi connectivity index (χ1) is 6.59. The van der Waals surface area contributed by atoms with Gasteiger partial charge in [0.1, 0.15) is 0 Å². The van der Waals surface area contributed by atoms with Gasteiger partial charge in [-0.1, -0.05) is 13.8 Å². The molecule has 0 saturated heterocycles. The van der Waals surface area contributed by atoms with Gasteiger partial charge in [-0.3, -0.25) is 0 Å². The maximum atomic E-state index is 5.69. The van der Waals surface area contributed by atoms with Crippen LogP contribution in [0.4, 0.5) is 5.69 Å². The minimum absolute atomic E-state index is 0.761. The van der Waals surface area contributed by atoms with Crippen molar-refractivity contribution in [3.8, 4) is 0 Å². The van der Waals surface area contributed by atoms with Crippen LogP contribution in [0, 0.1) is 12.8 Å². The Morgan fingerprint density at radius 2 is 2.21 bits per heavy atom. The van der Waals surface area contributed by atoms with Gasteiger partial charge in [0.05, 0.1) is 16.9 Å². The average Bonchev–Trinajstić information content (AvgIpc) is 2.10. The van der Waals surface area contributed by atoms with Crippen LogP contribution in [0.3, 0.4) is 0 Å². The molecule has 1 aromatic rings. The zero-order valence-electron chi connectivity index (χ0n) is 9.08. The summed E-state index contributed by atoms with van der Waals surface area (Å²) in [4.78, 5) is 4.27. The first-order valence-corrected chi connectivity index (χ1v) is 5.93. The molecule has 1 aromatic heterocycles. The van der Waals surface area contributed by atoms with Gasteiger partial charge in [-0.2, -0.15) is 0 Å². The number of nitrogen functional groups attached to an aromatic ring is 1. The Morgan fingerprint density at radius 3 is 2.79 bits per heavy atom. The van der Waals surface area contributed by atoms with E-state index in [2.05, 4.69) is 24.9 Å². The molecule has 0 radical (unpaired) electrons. The highest BCUT2D eigenvalue weighted by Gasteiger charge is 2.00. The minimum atomic E-state index is 0.761. The van der Waals surface area contributed by atoms with Crippen molar-refractivity contribution < 1.29 is 0 Å². The van der Waals surface area contributed by atoms with E-state index in [0.29, 0.717) is 0 Å². The highest BCUT2D eigenvalue weighted by Crippen LogP contribution is 2.21. The van der Waals surface area contributed by atoms with Gasteiger partial charge in [-0.25, -0.2) is 4.98 Å². The van der Waals surface area contributed by atoms with Crippen molar-refractivity contribution in [2.45, 2.75) is 32.2 Å². The number of anilines is 1.